The van der Waals surface area contributed by atoms with Crippen LogP contribution in [0.1, 0.15) is 18.6 Å². The summed E-state index contributed by atoms with van der Waals surface area (Å²) in [5, 5.41) is 1.05. The van der Waals surface area contributed by atoms with Crippen molar-refractivity contribution in [2.24, 2.45) is 0 Å². The molecule has 0 saturated carbocycles. The second kappa shape index (κ2) is 6.85. The van der Waals surface area contributed by atoms with E-state index in [0.29, 0.717) is 19.8 Å². The Hall–Kier alpha value is -1.98. The number of carbonyl (C=O) groups is 1. The van der Waals surface area contributed by atoms with Gasteiger partial charge in [0, 0.05) is 30.2 Å². The van der Waals surface area contributed by atoms with Crippen LogP contribution in [-0.2, 0) is 14.3 Å². The minimum Gasteiger partial charge on any atom is -0.457 e. The lowest BCUT2D eigenvalue weighted by atomic mass is 10.1. The van der Waals surface area contributed by atoms with Crippen LogP contribution in [0.2, 0.25) is 0 Å². The average molecular weight is 300 g/mol. The first-order chi connectivity index (χ1) is 10.7. The fourth-order valence-corrected chi connectivity index (χ4v) is 2.55. The van der Waals surface area contributed by atoms with Crippen molar-refractivity contribution in [3.8, 4) is 0 Å². The Morgan fingerprint density at radius 1 is 1.36 bits per heavy atom. The molecule has 0 unspecified atom stereocenters. The van der Waals surface area contributed by atoms with E-state index in [2.05, 4.69) is 9.88 Å². The van der Waals surface area contributed by atoms with Crippen LogP contribution in [0.5, 0.6) is 0 Å². The Labute approximate surface area is 129 Å². The smallest absolute Gasteiger partial charge is 0.320 e. The highest BCUT2D eigenvalue weighted by Gasteiger charge is 2.18. The third kappa shape index (κ3) is 3.61. The molecule has 0 N–H and O–H groups in total. The van der Waals surface area contributed by atoms with Crippen molar-refractivity contribution in [3.05, 3.63) is 42.1 Å². The van der Waals surface area contributed by atoms with Gasteiger partial charge in [0.25, 0.3) is 0 Å². The number of pyridine rings is 1. The number of benzene rings is 1. The largest absolute Gasteiger partial charge is 0.457 e. The molecule has 1 atom stereocenters. The van der Waals surface area contributed by atoms with Gasteiger partial charge in [0.15, 0.2) is 0 Å². The van der Waals surface area contributed by atoms with E-state index in [4.69, 9.17) is 9.47 Å². The maximum absolute atomic E-state index is 12.0. The van der Waals surface area contributed by atoms with E-state index in [1.165, 1.54) is 0 Å². The van der Waals surface area contributed by atoms with Crippen molar-refractivity contribution >= 4 is 16.9 Å². The summed E-state index contributed by atoms with van der Waals surface area (Å²) in [7, 11) is 0. The number of hydrogen-bond donors (Lipinski definition) is 0. The van der Waals surface area contributed by atoms with Crippen LogP contribution >= 0.6 is 0 Å². The first-order valence-electron chi connectivity index (χ1n) is 7.56. The third-order valence-electron chi connectivity index (χ3n) is 3.85. The summed E-state index contributed by atoms with van der Waals surface area (Å²) in [5.41, 5.74) is 1.85. The zero-order chi connectivity index (χ0) is 15.4. The number of aromatic nitrogens is 1. The summed E-state index contributed by atoms with van der Waals surface area (Å²) in [6.07, 6.45) is 1.47. The van der Waals surface area contributed by atoms with Crippen LogP contribution < -0.4 is 0 Å². The summed E-state index contributed by atoms with van der Waals surface area (Å²) < 4.78 is 10.8. The van der Waals surface area contributed by atoms with Crippen molar-refractivity contribution in [1.82, 2.24) is 9.88 Å². The van der Waals surface area contributed by atoms with Gasteiger partial charge in [-0.2, -0.15) is 0 Å². The van der Waals surface area contributed by atoms with E-state index in [-0.39, 0.29) is 12.1 Å². The molecule has 0 bridgehead atoms. The highest BCUT2D eigenvalue weighted by molar-refractivity contribution is 5.79. The quantitative estimate of drug-likeness (QED) is 0.810. The molecular weight excluding hydrogens is 280 g/mol. The number of ether oxygens (including phenoxy) is 2. The standard InChI is InChI=1S/C17H20N2O3/c1-13(22-17(20)12-19-6-8-21-9-7-19)15-10-14-4-2-3-5-16(14)18-11-15/h2-5,10-11,13H,6-9,12H2,1H3/t13-/m1/s1. The van der Waals surface area contributed by atoms with Crippen LogP contribution in [-0.4, -0.2) is 48.7 Å². The molecule has 2 heterocycles. The van der Waals surface area contributed by atoms with Gasteiger partial charge in [-0.25, -0.2) is 0 Å². The lowest BCUT2D eigenvalue weighted by Gasteiger charge is -2.26. The first-order valence-corrected chi connectivity index (χ1v) is 7.56. The Balaban J connectivity index is 1.62. The van der Waals surface area contributed by atoms with E-state index in [0.717, 1.165) is 29.6 Å². The number of para-hydroxylation sites is 1. The van der Waals surface area contributed by atoms with Crippen molar-refractivity contribution in [2.75, 3.05) is 32.8 Å². The van der Waals surface area contributed by atoms with Gasteiger partial charge in [-0.3, -0.25) is 14.7 Å². The summed E-state index contributed by atoms with van der Waals surface area (Å²) >= 11 is 0. The molecule has 0 spiro atoms. The SMILES string of the molecule is C[C@@H](OC(=O)CN1CCOCC1)c1cnc2ccccc2c1. The summed E-state index contributed by atoms with van der Waals surface area (Å²) in [5.74, 6) is -0.206. The maximum atomic E-state index is 12.0. The number of esters is 1. The monoisotopic (exact) mass is 300 g/mol. The van der Waals surface area contributed by atoms with Gasteiger partial charge in [0.05, 0.1) is 25.3 Å². The molecule has 5 heteroatoms. The molecule has 1 aliphatic heterocycles. The predicted octanol–water partition coefficient (Wildman–Crippen LogP) is 2.17. The molecule has 116 valence electrons. The summed E-state index contributed by atoms with van der Waals surface area (Å²) in [4.78, 5) is 18.5. The van der Waals surface area contributed by atoms with Crippen LogP contribution in [0.25, 0.3) is 10.9 Å². The lowest BCUT2D eigenvalue weighted by molar-refractivity contribution is -0.150. The van der Waals surface area contributed by atoms with Gasteiger partial charge < -0.3 is 9.47 Å². The fourth-order valence-electron chi connectivity index (χ4n) is 2.55. The topological polar surface area (TPSA) is 51.7 Å². The second-order valence-corrected chi connectivity index (χ2v) is 5.48. The molecule has 1 saturated heterocycles. The number of nitrogens with zero attached hydrogens (tertiary/aromatic N) is 2. The molecule has 3 rings (SSSR count). The Bertz CT molecular complexity index is 653. The number of morpholine rings is 1. The molecule has 1 aromatic heterocycles. The van der Waals surface area contributed by atoms with E-state index >= 15 is 0 Å². The number of carbonyl (C=O) groups excluding carboxylic acids is 1. The molecule has 22 heavy (non-hydrogen) atoms. The van der Waals surface area contributed by atoms with Crippen molar-refractivity contribution < 1.29 is 14.3 Å². The van der Waals surface area contributed by atoms with Crippen LogP contribution in [0.4, 0.5) is 0 Å². The van der Waals surface area contributed by atoms with Gasteiger partial charge in [-0.15, -0.1) is 0 Å². The van der Waals surface area contributed by atoms with Crippen molar-refractivity contribution in [1.29, 1.82) is 0 Å². The zero-order valence-electron chi connectivity index (χ0n) is 12.7. The molecule has 5 nitrogen and oxygen atoms in total. The Morgan fingerprint density at radius 2 is 2.14 bits per heavy atom. The lowest BCUT2D eigenvalue weighted by Crippen LogP contribution is -2.40. The van der Waals surface area contributed by atoms with E-state index in [9.17, 15) is 4.79 Å². The van der Waals surface area contributed by atoms with Crippen LogP contribution in [0.3, 0.4) is 0 Å². The minimum atomic E-state index is -0.300. The number of fused-ring (bicyclic) bond motifs is 1. The van der Waals surface area contributed by atoms with Gasteiger partial charge in [-0.1, -0.05) is 18.2 Å². The normalized spacial score (nSPS) is 17.3. The van der Waals surface area contributed by atoms with Gasteiger partial charge in [0.2, 0.25) is 0 Å². The molecule has 1 fully saturated rings. The predicted molar refractivity (Wildman–Crippen MR) is 83.5 cm³/mol. The van der Waals surface area contributed by atoms with Gasteiger partial charge in [-0.05, 0) is 19.1 Å². The first kappa shape index (κ1) is 14.9. The second-order valence-electron chi connectivity index (χ2n) is 5.48. The van der Waals surface area contributed by atoms with Gasteiger partial charge >= 0.3 is 5.97 Å². The summed E-state index contributed by atoms with van der Waals surface area (Å²) in [6.45, 7) is 5.11. The van der Waals surface area contributed by atoms with E-state index in [1.807, 2.05) is 37.3 Å². The summed E-state index contributed by atoms with van der Waals surface area (Å²) in [6, 6.07) is 9.93. The molecule has 0 amide bonds. The minimum absolute atomic E-state index is 0.206. The van der Waals surface area contributed by atoms with Crippen LogP contribution in [0, 0.1) is 0 Å². The molecule has 2 aromatic rings. The number of rotatable bonds is 4. The Morgan fingerprint density at radius 3 is 2.95 bits per heavy atom. The molecule has 0 radical (unpaired) electrons. The van der Waals surface area contributed by atoms with Crippen LogP contribution in [0.15, 0.2) is 36.5 Å². The van der Waals surface area contributed by atoms with Crippen molar-refractivity contribution in [2.45, 2.75) is 13.0 Å². The van der Waals surface area contributed by atoms with E-state index in [1.54, 1.807) is 6.20 Å². The van der Waals surface area contributed by atoms with E-state index < -0.39 is 0 Å². The van der Waals surface area contributed by atoms with Gasteiger partial charge in [0.1, 0.15) is 6.10 Å². The highest BCUT2D eigenvalue weighted by Crippen LogP contribution is 2.20. The zero-order valence-corrected chi connectivity index (χ0v) is 12.7. The average Bonchev–Trinajstić information content (AvgIpc) is 2.55. The molecule has 1 aliphatic rings. The third-order valence-corrected chi connectivity index (χ3v) is 3.85. The Kier molecular flexibility index (Phi) is 4.65. The van der Waals surface area contributed by atoms with Crippen molar-refractivity contribution in [3.63, 3.8) is 0 Å². The number of hydrogen-bond acceptors (Lipinski definition) is 5. The maximum Gasteiger partial charge on any atom is 0.320 e. The fraction of sp³-hybridized carbons (Fsp3) is 0.412. The highest BCUT2D eigenvalue weighted by atomic mass is 16.5. The molecular formula is C17H20N2O3. The molecule has 1 aromatic carbocycles. The molecule has 0 aliphatic carbocycles.